The number of nitrogens with zero attached hydrogens (tertiary/aromatic N) is 4. The fraction of sp³-hybridized carbons (Fsp3) is 0.227. The summed E-state index contributed by atoms with van der Waals surface area (Å²) in [6, 6.07) is 8.08. The van der Waals surface area contributed by atoms with Gasteiger partial charge in [-0.25, -0.2) is 0 Å². The summed E-state index contributed by atoms with van der Waals surface area (Å²) >= 11 is 0. The van der Waals surface area contributed by atoms with Gasteiger partial charge >= 0.3 is 0 Å². The molecule has 0 radical (unpaired) electrons. The van der Waals surface area contributed by atoms with Gasteiger partial charge in [-0.1, -0.05) is 6.07 Å². The molecule has 4 rings (SSSR count). The van der Waals surface area contributed by atoms with Crippen molar-refractivity contribution in [2.45, 2.75) is 13.0 Å². The molecule has 1 amide bonds. The van der Waals surface area contributed by atoms with E-state index in [9.17, 15) is 4.79 Å². The van der Waals surface area contributed by atoms with E-state index in [1.54, 1.807) is 35.4 Å². The van der Waals surface area contributed by atoms with Crippen LogP contribution in [0.25, 0.3) is 17.2 Å². The maximum absolute atomic E-state index is 12.4. The molecule has 0 spiro atoms. The number of carbonyl (C=O) groups excluding carboxylic acids is 1. The Morgan fingerprint density at radius 2 is 2.07 bits per heavy atom. The highest BCUT2D eigenvalue weighted by atomic mass is 16.1. The molecule has 6 nitrogen and oxygen atoms in total. The van der Waals surface area contributed by atoms with Crippen molar-refractivity contribution in [3.8, 4) is 11.1 Å². The Bertz CT molecular complexity index is 1040. The molecular weight excluding hydrogens is 350 g/mol. The Kier molecular flexibility index (Phi) is 5.04. The Balaban J connectivity index is 1.49. The minimum atomic E-state index is -0.162. The van der Waals surface area contributed by atoms with Crippen molar-refractivity contribution in [2.24, 2.45) is 7.05 Å². The molecule has 0 aliphatic carbocycles. The highest BCUT2D eigenvalue weighted by molar-refractivity contribution is 6.02. The van der Waals surface area contributed by atoms with Crippen molar-refractivity contribution in [3.63, 3.8) is 0 Å². The van der Waals surface area contributed by atoms with Gasteiger partial charge in [-0.2, -0.15) is 5.10 Å². The van der Waals surface area contributed by atoms with Crippen LogP contribution < -0.4 is 5.32 Å². The predicted molar refractivity (Wildman–Crippen MR) is 111 cm³/mol. The van der Waals surface area contributed by atoms with Crippen LogP contribution in [0.15, 0.2) is 55.1 Å². The Morgan fingerprint density at radius 3 is 2.89 bits per heavy atom. The molecule has 1 aromatic carbocycles. The molecule has 0 unspecified atom stereocenters. The molecular formula is C22H23N5O. The quantitative estimate of drug-likeness (QED) is 0.714. The number of pyridine rings is 1. The summed E-state index contributed by atoms with van der Waals surface area (Å²) in [6.07, 6.45) is 11.6. The van der Waals surface area contributed by atoms with E-state index in [0.717, 1.165) is 41.9 Å². The summed E-state index contributed by atoms with van der Waals surface area (Å²) in [6.45, 7) is 1.99. The van der Waals surface area contributed by atoms with Gasteiger partial charge in [-0.05, 0) is 54.4 Å². The largest absolute Gasteiger partial charge is 0.323 e. The summed E-state index contributed by atoms with van der Waals surface area (Å²) in [4.78, 5) is 18.9. The SMILES string of the molecule is CN1CCc2ccc(NC(=O)C=Cc3cnccc3-c3cnn(C)c3)cc2C1. The number of aromatic nitrogens is 3. The Labute approximate surface area is 164 Å². The summed E-state index contributed by atoms with van der Waals surface area (Å²) in [5.74, 6) is -0.162. The molecule has 0 saturated carbocycles. The molecule has 28 heavy (non-hydrogen) atoms. The summed E-state index contributed by atoms with van der Waals surface area (Å²) in [7, 11) is 3.99. The highest BCUT2D eigenvalue weighted by Crippen LogP contribution is 2.24. The molecule has 1 aliphatic heterocycles. The molecule has 1 N–H and O–H groups in total. The zero-order valence-electron chi connectivity index (χ0n) is 16.1. The molecule has 6 heteroatoms. The average Bonchev–Trinajstić information content (AvgIpc) is 3.12. The second-order valence-electron chi connectivity index (χ2n) is 7.16. The molecule has 2 aromatic heterocycles. The van der Waals surface area contributed by atoms with Crippen LogP contribution in [0.2, 0.25) is 0 Å². The van der Waals surface area contributed by atoms with Gasteiger partial charge in [0.2, 0.25) is 5.91 Å². The lowest BCUT2D eigenvalue weighted by molar-refractivity contribution is -0.111. The summed E-state index contributed by atoms with van der Waals surface area (Å²) in [5, 5.41) is 7.17. The minimum Gasteiger partial charge on any atom is -0.323 e. The number of anilines is 1. The second-order valence-corrected chi connectivity index (χ2v) is 7.16. The fourth-order valence-corrected chi connectivity index (χ4v) is 3.49. The minimum absolute atomic E-state index is 0.162. The van der Waals surface area contributed by atoms with E-state index in [0.29, 0.717) is 0 Å². The monoisotopic (exact) mass is 373 g/mol. The van der Waals surface area contributed by atoms with Crippen LogP contribution in [0.5, 0.6) is 0 Å². The number of nitrogens with one attached hydrogen (secondary N) is 1. The number of aryl methyl sites for hydroxylation is 1. The van der Waals surface area contributed by atoms with E-state index in [4.69, 9.17) is 0 Å². The molecule has 1 aliphatic rings. The van der Waals surface area contributed by atoms with E-state index < -0.39 is 0 Å². The van der Waals surface area contributed by atoms with Crippen LogP contribution in [0, 0.1) is 0 Å². The van der Waals surface area contributed by atoms with E-state index in [1.807, 2.05) is 25.4 Å². The lowest BCUT2D eigenvalue weighted by atomic mass is 9.99. The van der Waals surface area contributed by atoms with Gasteiger partial charge in [0.15, 0.2) is 0 Å². The number of benzene rings is 1. The van der Waals surface area contributed by atoms with E-state index in [1.165, 1.54) is 11.1 Å². The third-order valence-electron chi connectivity index (χ3n) is 4.96. The number of likely N-dealkylation sites (N-methyl/N-ethyl adjacent to an activating group) is 1. The normalized spacial score (nSPS) is 14.2. The number of rotatable bonds is 4. The van der Waals surface area contributed by atoms with Crippen LogP contribution in [-0.2, 0) is 24.8 Å². The summed E-state index contributed by atoms with van der Waals surface area (Å²) < 4.78 is 1.75. The van der Waals surface area contributed by atoms with Gasteiger partial charge < -0.3 is 10.2 Å². The van der Waals surface area contributed by atoms with Gasteiger partial charge in [0.1, 0.15) is 0 Å². The van der Waals surface area contributed by atoms with Crippen LogP contribution in [0.1, 0.15) is 16.7 Å². The van der Waals surface area contributed by atoms with Gasteiger partial charge in [0.05, 0.1) is 6.20 Å². The van der Waals surface area contributed by atoms with Crippen molar-refractivity contribution in [1.29, 1.82) is 0 Å². The second kappa shape index (κ2) is 7.78. The smallest absolute Gasteiger partial charge is 0.248 e. The Hall–Kier alpha value is -3.25. The first kappa shape index (κ1) is 18.1. The third kappa shape index (κ3) is 4.02. The van der Waals surface area contributed by atoms with E-state index in [2.05, 4.69) is 39.5 Å². The van der Waals surface area contributed by atoms with Crippen molar-refractivity contribution < 1.29 is 4.79 Å². The van der Waals surface area contributed by atoms with Gasteiger partial charge in [-0.15, -0.1) is 0 Å². The van der Waals surface area contributed by atoms with Crippen molar-refractivity contribution in [2.75, 3.05) is 18.9 Å². The highest BCUT2D eigenvalue weighted by Gasteiger charge is 2.13. The standard InChI is InChI=1S/C22H23N5O/c1-26-10-8-16-3-5-20(11-18(16)14-26)25-22(28)6-4-17-12-23-9-7-21(17)19-13-24-27(2)15-19/h3-7,9,11-13,15H,8,10,14H2,1-2H3,(H,25,28). The van der Waals surface area contributed by atoms with Crippen LogP contribution in [-0.4, -0.2) is 39.2 Å². The van der Waals surface area contributed by atoms with E-state index >= 15 is 0 Å². The zero-order valence-corrected chi connectivity index (χ0v) is 16.1. The lowest BCUT2D eigenvalue weighted by Crippen LogP contribution is -2.26. The molecule has 0 saturated heterocycles. The molecule has 0 fully saturated rings. The number of amides is 1. The van der Waals surface area contributed by atoms with Gasteiger partial charge in [-0.3, -0.25) is 14.5 Å². The molecule has 142 valence electrons. The van der Waals surface area contributed by atoms with Crippen molar-refractivity contribution in [3.05, 3.63) is 71.8 Å². The first-order chi connectivity index (χ1) is 13.6. The number of carbonyl (C=O) groups is 1. The van der Waals surface area contributed by atoms with Gasteiger partial charge in [0, 0.05) is 61.6 Å². The first-order valence-corrected chi connectivity index (χ1v) is 9.31. The third-order valence-corrected chi connectivity index (χ3v) is 4.96. The Morgan fingerprint density at radius 1 is 1.18 bits per heavy atom. The maximum Gasteiger partial charge on any atom is 0.248 e. The molecule has 0 atom stereocenters. The first-order valence-electron chi connectivity index (χ1n) is 9.31. The van der Waals surface area contributed by atoms with Crippen LogP contribution in [0.3, 0.4) is 0 Å². The van der Waals surface area contributed by atoms with Crippen LogP contribution in [0.4, 0.5) is 5.69 Å². The van der Waals surface area contributed by atoms with Crippen LogP contribution >= 0.6 is 0 Å². The van der Waals surface area contributed by atoms with Gasteiger partial charge in [0.25, 0.3) is 0 Å². The number of hydrogen-bond donors (Lipinski definition) is 1. The fourth-order valence-electron chi connectivity index (χ4n) is 3.49. The molecule has 3 aromatic rings. The van der Waals surface area contributed by atoms with Crippen molar-refractivity contribution >= 4 is 17.7 Å². The molecule has 3 heterocycles. The maximum atomic E-state index is 12.4. The molecule has 0 bridgehead atoms. The topological polar surface area (TPSA) is 63.1 Å². The predicted octanol–water partition coefficient (Wildman–Crippen LogP) is 3.12. The van der Waals surface area contributed by atoms with E-state index in [-0.39, 0.29) is 5.91 Å². The summed E-state index contributed by atoms with van der Waals surface area (Å²) in [5.41, 5.74) is 6.32. The zero-order chi connectivity index (χ0) is 19.5. The van der Waals surface area contributed by atoms with Crippen molar-refractivity contribution in [1.82, 2.24) is 19.7 Å². The number of fused-ring (bicyclic) bond motifs is 1. The number of hydrogen-bond acceptors (Lipinski definition) is 4. The average molecular weight is 373 g/mol. The lowest BCUT2D eigenvalue weighted by Gasteiger charge is -2.25.